The maximum absolute atomic E-state index is 12.9. The van der Waals surface area contributed by atoms with Crippen molar-refractivity contribution in [2.75, 3.05) is 20.4 Å². The van der Waals surface area contributed by atoms with Crippen LogP contribution in [0.1, 0.15) is 46.1 Å². The molecule has 160 valence electrons. The molecule has 0 aliphatic rings. The molecule has 1 aromatic carbocycles. The minimum Gasteiger partial charge on any atom is -0.464 e. The molecular formula is C22H32N2O5. The molecule has 0 fully saturated rings. The van der Waals surface area contributed by atoms with Crippen LogP contribution in [-0.2, 0) is 25.4 Å². The summed E-state index contributed by atoms with van der Waals surface area (Å²) >= 11 is 0. The third-order valence-electron chi connectivity index (χ3n) is 4.37. The molecule has 1 aromatic heterocycles. The number of esters is 1. The molecule has 29 heavy (non-hydrogen) atoms. The van der Waals surface area contributed by atoms with Crippen molar-refractivity contribution in [3.63, 3.8) is 0 Å². The number of ether oxygens (including phenoxy) is 3. The predicted octanol–water partition coefficient (Wildman–Crippen LogP) is 4.26. The second-order valence-electron chi connectivity index (χ2n) is 7.97. The van der Waals surface area contributed by atoms with E-state index >= 15 is 0 Å². The van der Waals surface area contributed by atoms with E-state index in [1.807, 2.05) is 37.4 Å². The van der Waals surface area contributed by atoms with E-state index in [4.69, 9.17) is 14.2 Å². The molecule has 7 heteroatoms. The first-order valence-electron chi connectivity index (χ1n) is 9.97. The number of carbonyl (C=O) groups is 2. The normalized spacial score (nSPS) is 12.6. The number of fused-ring (bicyclic) bond motifs is 1. The van der Waals surface area contributed by atoms with Crippen LogP contribution >= 0.6 is 0 Å². The molecule has 2 rings (SSSR count). The molecule has 0 spiro atoms. The number of benzene rings is 1. The van der Waals surface area contributed by atoms with Gasteiger partial charge in [-0.2, -0.15) is 0 Å². The molecule has 1 heterocycles. The summed E-state index contributed by atoms with van der Waals surface area (Å²) in [6.45, 7) is 7.60. The molecule has 0 aliphatic heterocycles. The van der Waals surface area contributed by atoms with Crippen molar-refractivity contribution in [1.82, 2.24) is 9.88 Å². The van der Waals surface area contributed by atoms with E-state index in [1.54, 1.807) is 20.8 Å². The number of nitrogens with one attached hydrogen (secondary N) is 1. The van der Waals surface area contributed by atoms with E-state index < -0.39 is 23.7 Å². The van der Waals surface area contributed by atoms with Crippen LogP contribution in [-0.4, -0.2) is 54.0 Å². The lowest BCUT2D eigenvalue weighted by atomic mass is 10.0. The first-order chi connectivity index (χ1) is 13.8. The highest BCUT2D eigenvalue weighted by Gasteiger charge is 2.34. The Bertz CT molecular complexity index is 809. The number of H-pyrrole nitrogens is 1. The summed E-state index contributed by atoms with van der Waals surface area (Å²) in [5.74, 6) is -0.466. The highest BCUT2D eigenvalue weighted by molar-refractivity contribution is 5.86. The van der Waals surface area contributed by atoms with Gasteiger partial charge < -0.3 is 19.2 Å². The molecule has 0 bridgehead atoms. The third kappa shape index (κ3) is 6.49. The number of methoxy groups -OCH3 is 1. The van der Waals surface area contributed by atoms with Crippen molar-refractivity contribution in [2.24, 2.45) is 0 Å². The monoisotopic (exact) mass is 404 g/mol. The van der Waals surface area contributed by atoms with Crippen LogP contribution in [0.2, 0.25) is 0 Å². The highest BCUT2D eigenvalue weighted by atomic mass is 16.6. The Balaban J connectivity index is 2.33. The highest BCUT2D eigenvalue weighted by Crippen LogP contribution is 2.22. The standard InChI is InChI=1S/C22H32N2O5/c1-6-7-12-28-20(25)19(24(15-27-5)21(26)29-22(2,3)4)13-16-14-23-18-11-9-8-10-17(16)18/h8-11,14,19,23H,6-7,12-13,15H2,1-5H3/t19-/m0/s1. The molecule has 1 amide bonds. The van der Waals surface area contributed by atoms with Crippen LogP contribution in [0.15, 0.2) is 30.5 Å². The molecule has 0 aliphatic carbocycles. The van der Waals surface area contributed by atoms with Crippen LogP contribution in [0.4, 0.5) is 4.79 Å². The Morgan fingerprint density at radius 3 is 2.59 bits per heavy atom. The zero-order chi connectivity index (χ0) is 21.4. The summed E-state index contributed by atoms with van der Waals surface area (Å²) in [7, 11) is 1.47. The van der Waals surface area contributed by atoms with Crippen molar-refractivity contribution in [2.45, 2.75) is 58.6 Å². The van der Waals surface area contributed by atoms with E-state index in [9.17, 15) is 9.59 Å². The van der Waals surface area contributed by atoms with Gasteiger partial charge in [-0.3, -0.25) is 4.90 Å². The summed E-state index contributed by atoms with van der Waals surface area (Å²) in [4.78, 5) is 30.3. The molecule has 0 unspecified atom stereocenters. The Hall–Kier alpha value is -2.54. The predicted molar refractivity (Wildman–Crippen MR) is 112 cm³/mol. The van der Waals surface area contributed by atoms with E-state index in [0.29, 0.717) is 6.61 Å². The van der Waals surface area contributed by atoms with Gasteiger partial charge in [0, 0.05) is 30.6 Å². The Labute approximate surface area is 172 Å². The fraction of sp³-hybridized carbons (Fsp3) is 0.545. The molecular weight excluding hydrogens is 372 g/mol. The number of aromatic amines is 1. The van der Waals surface area contributed by atoms with Crippen molar-refractivity contribution in [1.29, 1.82) is 0 Å². The number of rotatable bonds is 9. The Morgan fingerprint density at radius 2 is 1.93 bits per heavy atom. The van der Waals surface area contributed by atoms with Gasteiger partial charge in [0.05, 0.1) is 6.61 Å². The molecule has 7 nitrogen and oxygen atoms in total. The zero-order valence-corrected chi connectivity index (χ0v) is 18.0. The number of hydrogen-bond donors (Lipinski definition) is 1. The maximum atomic E-state index is 12.9. The first kappa shape index (κ1) is 22.7. The van der Waals surface area contributed by atoms with Crippen molar-refractivity contribution >= 4 is 23.0 Å². The minimum atomic E-state index is -0.860. The van der Waals surface area contributed by atoms with Crippen LogP contribution < -0.4 is 0 Å². The van der Waals surface area contributed by atoms with E-state index in [-0.39, 0.29) is 13.2 Å². The number of nitrogens with zero attached hydrogens (tertiary/aromatic N) is 1. The molecule has 1 atom stereocenters. The van der Waals surface area contributed by atoms with Crippen molar-refractivity contribution < 1.29 is 23.8 Å². The maximum Gasteiger partial charge on any atom is 0.412 e. The first-order valence-corrected chi connectivity index (χ1v) is 9.97. The summed E-state index contributed by atoms with van der Waals surface area (Å²) in [5.41, 5.74) is 1.19. The van der Waals surface area contributed by atoms with Gasteiger partial charge in [0.2, 0.25) is 0 Å². The van der Waals surface area contributed by atoms with Crippen LogP contribution in [0.3, 0.4) is 0 Å². The average Bonchev–Trinajstić information content (AvgIpc) is 3.06. The van der Waals surface area contributed by atoms with Gasteiger partial charge in [0.1, 0.15) is 18.4 Å². The van der Waals surface area contributed by atoms with Gasteiger partial charge in [-0.1, -0.05) is 31.5 Å². The van der Waals surface area contributed by atoms with Gasteiger partial charge >= 0.3 is 12.1 Å². The molecule has 1 N–H and O–H groups in total. The number of hydrogen-bond acceptors (Lipinski definition) is 5. The summed E-state index contributed by atoms with van der Waals surface area (Å²) in [6, 6.07) is 6.97. The topological polar surface area (TPSA) is 80.9 Å². The zero-order valence-electron chi connectivity index (χ0n) is 18.0. The van der Waals surface area contributed by atoms with E-state index in [0.717, 1.165) is 29.3 Å². The van der Waals surface area contributed by atoms with Gasteiger partial charge in [0.15, 0.2) is 0 Å². The number of carbonyl (C=O) groups excluding carboxylic acids is 2. The molecule has 0 saturated heterocycles. The third-order valence-corrected chi connectivity index (χ3v) is 4.37. The SMILES string of the molecule is CCCCOC(=O)[C@H](Cc1c[nH]c2ccccc12)N(COC)C(=O)OC(C)(C)C. The Kier molecular flexibility index (Phi) is 8.08. The largest absolute Gasteiger partial charge is 0.464 e. The second kappa shape index (κ2) is 10.3. The number of aromatic nitrogens is 1. The van der Waals surface area contributed by atoms with E-state index in [1.165, 1.54) is 12.0 Å². The van der Waals surface area contributed by atoms with Crippen LogP contribution in [0.25, 0.3) is 10.9 Å². The summed E-state index contributed by atoms with van der Waals surface area (Å²) in [5, 5.41) is 1.00. The van der Waals surface area contributed by atoms with E-state index in [2.05, 4.69) is 4.98 Å². The van der Waals surface area contributed by atoms with Crippen LogP contribution in [0, 0.1) is 0 Å². The van der Waals surface area contributed by atoms with Crippen molar-refractivity contribution in [3.8, 4) is 0 Å². The summed E-state index contributed by atoms with van der Waals surface area (Å²) in [6.07, 6.45) is 3.21. The lowest BCUT2D eigenvalue weighted by Gasteiger charge is -2.31. The Morgan fingerprint density at radius 1 is 1.21 bits per heavy atom. The fourth-order valence-corrected chi connectivity index (χ4v) is 2.97. The van der Waals surface area contributed by atoms with Crippen molar-refractivity contribution in [3.05, 3.63) is 36.0 Å². The smallest absolute Gasteiger partial charge is 0.412 e. The summed E-state index contributed by atoms with van der Waals surface area (Å²) < 4.78 is 16.2. The second-order valence-corrected chi connectivity index (χ2v) is 7.97. The average molecular weight is 405 g/mol. The number of para-hydroxylation sites is 1. The quantitative estimate of drug-likeness (QED) is 0.384. The fourth-order valence-electron chi connectivity index (χ4n) is 2.97. The molecule has 0 saturated carbocycles. The van der Waals surface area contributed by atoms with Gasteiger partial charge in [-0.05, 0) is 38.8 Å². The lowest BCUT2D eigenvalue weighted by Crippen LogP contribution is -2.49. The lowest BCUT2D eigenvalue weighted by molar-refractivity contribution is -0.152. The minimum absolute atomic E-state index is 0.0786. The van der Waals surface area contributed by atoms with Gasteiger partial charge in [-0.25, -0.2) is 9.59 Å². The van der Waals surface area contributed by atoms with Gasteiger partial charge in [0.25, 0.3) is 0 Å². The number of amides is 1. The number of unbranched alkanes of at least 4 members (excludes halogenated alkanes) is 1. The van der Waals surface area contributed by atoms with Gasteiger partial charge in [-0.15, -0.1) is 0 Å². The molecule has 2 aromatic rings. The molecule has 0 radical (unpaired) electrons. The van der Waals surface area contributed by atoms with Crippen LogP contribution in [0.5, 0.6) is 0 Å².